The van der Waals surface area contributed by atoms with Crippen LogP contribution in [0.3, 0.4) is 0 Å². The smallest absolute Gasteiger partial charge is 0.253 e. The van der Waals surface area contributed by atoms with Crippen LogP contribution in [0, 0.1) is 11.8 Å². The molecule has 0 bridgehead atoms. The normalized spacial score (nSPS) is 24.2. The van der Waals surface area contributed by atoms with Gasteiger partial charge in [0, 0.05) is 44.1 Å². The highest BCUT2D eigenvalue weighted by Gasteiger charge is 2.33. The lowest BCUT2D eigenvalue weighted by atomic mass is 9.92. The molecule has 1 aromatic heterocycles. The molecule has 6 heteroatoms. The summed E-state index contributed by atoms with van der Waals surface area (Å²) in [6.07, 6.45) is 7.30. The number of hydrogen-bond acceptors (Lipinski definition) is 4. The van der Waals surface area contributed by atoms with Crippen LogP contribution in [-0.4, -0.2) is 66.4 Å². The lowest BCUT2D eigenvalue weighted by Crippen LogP contribution is -2.50. The average Bonchev–Trinajstić information content (AvgIpc) is 2.68. The quantitative estimate of drug-likeness (QED) is 0.896. The van der Waals surface area contributed by atoms with E-state index < -0.39 is 0 Å². The third-order valence-corrected chi connectivity index (χ3v) is 5.31. The number of pyridine rings is 1. The number of rotatable bonds is 4. The van der Waals surface area contributed by atoms with Gasteiger partial charge in [-0.05, 0) is 57.3 Å². The summed E-state index contributed by atoms with van der Waals surface area (Å²) in [5.74, 6) is 0.716. The van der Waals surface area contributed by atoms with E-state index >= 15 is 0 Å². The fourth-order valence-electron chi connectivity index (χ4n) is 4.02. The summed E-state index contributed by atoms with van der Waals surface area (Å²) in [6, 6.07) is 3.47. The monoisotopic (exact) mass is 344 g/mol. The third-order valence-electron chi connectivity index (χ3n) is 5.31. The molecule has 0 aromatic carbocycles. The van der Waals surface area contributed by atoms with Gasteiger partial charge in [0.25, 0.3) is 5.91 Å². The number of piperidine rings is 2. The van der Waals surface area contributed by atoms with Crippen molar-refractivity contribution in [1.29, 1.82) is 0 Å². The SMILES string of the molecule is CNCC1CCCN(C(=O)C2CCCN(C(=O)c3ccncc3)C2)C1. The number of carbonyl (C=O) groups is 2. The van der Waals surface area contributed by atoms with E-state index in [4.69, 9.17) is 0 Å². The predicted octanol–water partition coefficient (Wildman–Crippen LogP) is 1.39. The zero-order valence-corrected chi connectivity index (χ0v) is 15.0. The van der Waals surface area contributed by atoms with Gasteiger partial charge in [0.05, 0.1) is 5.92 Å². The van der Waals surface area contributed by atoms with E-state index in [-0.39, 0.29) is 17.7 Å². The van der Waals surface area contributed by atoms with Crippen molar-refractivity contribution in [3.63, 3.8) is 0 Å². The molecule has 2 saturated heterocycles. The molecule has 0 radical (unpaired) electrons. The largest absolute Gasteiger partial charge is 0.342 e. The van der Waals surface area contributed by atoms with Crippen LogP contribution in [0.5, 0.6) is 0 Å². The van der Waals surface area contributed by atoms with Crippen LogP contribution in [0.15, 0.2) is 24.5 Å². The Hall–Kier alpha value is -1.95. The van der Waals surface area contributed by atoms with Gasteiger partial charge in [0.2, 0.25) is 5.91 Å². The van der Waals surface area contributed by atoms with Gasteiger partial charge in [-0.3, -0.25) is 14.6 Å². The molecule has 2 aliphatic rings. The fraction of sp³-hybridized carbons (Fsp3) is 0.632. The average molecular weight is 344 g/mol. The first-order chi connectivity index (χ1) is 12.2. The first-order valence-corrected chi connectivity index (χ1v) is 9.31. The maximum absolute atomic E-state index is 13.0. The number of likely N-dealkylation sites (tertiary alicyclic amines) is 2. The zero-order chi connectivity index (χ0) is 17.6. The first-order valence-electron chi connectivity index (χ1n) is 9.31. The second-order valence-corrected chi connectivity index (χ2v) is 7.18. The Kier molecular flexibility index (Phi) is 6.02. The predicted molar refractivity (Wildman–Crippen MR) is 96.1 cm³/mol. The summed E-state index contributed by atoms with van der Waals surface area (Å²) in [6.45, 7) is 3.92. The van der Waals surface area contributed by atoms with E-state index in [9.17, 15) is 9.59 Å². The number of nitrogens with zero attached hydrogens (tertiary/aromatic N) is 3. The highest BCUT2D eigenvalue weighted by Crippen LogP contribution is 2.24. The highest BCUT2D eigenvalue weighted by atomic mass is 16.2. The van der Waals surface area contributed by atoms with Crippen LogP contribution < -0.4 is 5.32 Å². The Bertz CT molecular complexity index is 590. The molecular formula is C19H28N4O2. The van der Waals surface area contributed by atoms with Crippen molar-refractivity contribution in [3.8, 4) is 0 Å². The van der Waals surface area contributed by atoms with Crippen LogP contribution in [0.1, 0.15) is 36.0 Å². The van der Waals surface area contributed by atoms with Crippen molar-refractivity contribution in [2.24, 2.45) is 11.8 Å². The van der Waals surface area contributed by atoms with E-state index in [2.05, 4.69) is 10.3 Å². The van der Waals surface area contributed by atoms with Gasteiger partial charge in [-0.25, -0.2) is 0 Å². The molecule has 1 aromatic rings. The van der Waals surface area contributed by atoms with Crippen LogP contribution >= 0.6 is 0 Å². The number of amides is 2. The molecule has 3 heterocycles. The summed E-state index contributed by atoms with van der Waals surface area (Å²) in [5, 5.41) is 3.22. The fourth-order valence-corrected chi connectivity index (χ4v) is 4.02. The second-order valence-electron chi connectivity index (χ2n) is 7.18. The minimum Gasteiger partial charge on any atom is -0.342 e. The molecule has 25 heavy (non-hydrogen) atoms. The van der Waals surface area contributed by atoms with Gasteiger partial charge in [-0.2, -0.15) is 0 Å². The molecule has 2 aliphatic heterocycles. The van der Waals surface area contributed by atoms with E-state index in [1.54, 1.807) is 24.5 Å². The molecule has 3 rings (SSSR count). The summed E-state index contributed by atoms with van der Waals surface area (Å²) in [5.41, 5.74) is 0.648. The van der Waals surface area contributed by atoms with Crippen LogP contribution in [0.2, 0.25) is 0 Å². The molecule has 2 atom stereocenters. The summed E-state index contributed by atoms with van der Waals surface area (Å²) in [7, 11) is 1.96. The summed E-state index contributed by atoms with van der Waals surface area (Å²) >= 11 is 0. The molecule has 0 spiro atoms. The lowest BCUT2D eigenvalue weighted by molar-refractivity contribution is -0.138. The minimum atomic E-state index is -0.0622. The maximum atomic E-state index is 13.0. The van der Waals surface area contributed by atoms with Gasteiger partial charge in [0.1, 0.15) is 0 Å². The van der Waals surface area contributed by atoms with Crippen molar-refractivity contribution >= 4 is 11.8 Å². The number of nitrogens with one attached hydrogen (secondary N) is 1. The molecule has 2 amide bonds. The Morgan fingerprint density at radius 1 is 1.12 bits per heavy atom. The zero-order valence-electron chi connectivity index (χ0n) is 15.0. The van der Waals surface area contributed by atoms with Gasteiger partial charge >= 0.3 is 0 Å². The second kappa shape index (κ2) is 8.43. The van der Waals surface area contributed by atoms with Crippen LogP contribution in [0.25, 0.3) is 0 Å². The first kappa shape index (κ1) is 17.9. The van der Waals surface area contributed by atoms with Gasteiger partial charge in [0.15, 0.2) is 0 Å². The molecule has 0 saturated carbocycles. The van der Waals surface area contributed by atoms with Gasteiger partial charge in [-0.1, -0.05) is 0 Å². The van der Waals surface area contributed by atoms with Crippen molar-refractivity contribution in [1.82, 2.24) is 20.1 Å². The van der Waals surface area contributed by atoms with E-state index in [0.717, 1.165) is 45.4 Å². The molecule has 136 valence electrons. The Balaban J connectivity index is 1.61. The number of hydrogen-bond donors (Lipinski definition) is 1. The highest BCUT2D eigenvalue weighted by molar-refractivity contribution is 5.94. The standard InChI is InChI=1S/C19H28N4O2/c1-20-12-15-4-2-10-22(13-15)19(25)17-5-3-11-23(14-17)18(24)16-6-8-21-9-7-16/h6-9,15,17,20H,2-5,10-14H2,1H3. The van der Waals surface area contributed by atoms with Gasteiger partial charge < -0.3 is 15.1 Å². The van der Waals surface area contributed by atoms with Crippen molar-refractivity contribution in [3.05, 3.63) is 30.1 Å². The number of aromatic nitrogens is 1. The lowest BCUT2D eigenvalue weighted by Gasteiger charge is -2.38. The molecule has 6 nitrogen and oxygen atoms in total. The van der Waals surface area contributed by atoms with Gasteiger partial charge in [-0.15, -0.1) is 0 Å². The maximum Gasteiger partial charge on any atom is 0.253 e. The summed E-state index contributed by atoms with van der Waals surface area (Å²) in [4.78, 5) is 33.4. The van der Waals surface area contributed by atoms with E-state index in [0.29, 0.717) is 18.0 Å². The van der Waals surface area contributed by atoms with Crippen LogP contribution in [0.4, 0.5) is 0 Å². The van der Waals surface area contributed by atoms with E-state index in [1.165, 1.54) is 6.42 Å². The third kappa shape index (κ3) is 4.37. The molecule has 2 unspecified atom stereocenters. The Morgan fingerprint density at radius 3 is 2.60 bits per heavy atom. The minimum absolute atomic E-state index is 0.00611. The summed E-state index contributed by atoms with van der Waals surface area (Å²) < 4.78 is 0. The molecular weight excluding hydrogens is 316 g/mol. The molecule has 2 fully saturated rings. The molecule has 1 N–H and O–H groups in total. The van der Waals surface area contributed by atoms with Crippen LogP contribution in [-0.2, 0) is 4.79 Å². The van der Waals surface area contributed by atoms with Crippen molar-refractivity contribution in [2.75, 3.05) is 39.8 Å². The van der Waals surface area contributed by atoms with E-state index in [1.807, 2.05) is 16.8 Å². The van der Waals surface area contributed by atoms with Crippen molar-refractivity contribution in [2.45, 2.75) is 25.7 Å². The topological polar surface area (TPSA) is 65.5 Å². The number of carbonyl (C=O) groups excluding carboxylic acids is 2. The Morgan fingerprint density at radius 2 is 1.84 bits per heavy atom. The Labute approximate surface area is 149 Å². The van der Waals surface area contributed by atoms with Crippen molar-refractivity contribution < 1.29 is 9.59 Å². The molecule has 0 aliphatic carbocycles.